The molecule has 0 aliphatic rings. The molecule has 0 fully saturated rings. The van der Waals surface area contributed by atoms with E-state index in [1.165, 1.54) is 12.7 Å². The van der Waals surface area contributed by atoms with E-state index in [4.69, 9.17) is 0 Å². The monoisotopic (exact) mass is 465 g/mol. The van der Waals surface area contributed by atoms with Crippen LogP contribution < -0.4 is 10.9 Å². The largest absolute Gasteiger partial charge is 0.356 e. The van der Waals surface area contributed by atoms with Gasteiger partial charge < -0.3 is 15.3 Å². The molecule has 0 saturated heterocycles. The highest BCUT2D eigenvalue weighted by Gasteiger charge is 2.19. The van der Waals surface area contributed by atoms with Crippen LogP contribution in [0.5, 0.6) is 0 Å². The lowest BCUT2D eigenvalue weighted by Gasteiger charge is -2.16. The van der Waals surface area contributed by atoms with Crippen LogP contribution in [0.25, 0.3) is 22.1 Å². The summed E-state index contributed by atoms with van der Waals surface area (Å²) in [5.74, 6) is 0.570. The first kappa shape index (κ1) is 16.8. The number of halogens is 2. The Morgan fingerprint density at radius 1 is 1.27 bits per heavy atom. The van der Waals surface area contributed by atoms with Gasteiger partial charge in [-0.05, 0) is 11.6 Å². The summed E-state index contributed by atoms with van der Waals surface area (Å²) in [6.07, 6.45) is 2.83. The van der Waals surface area contributed by atoms with Crippen molar-refractivity contribution in [1.82, 2.24) is 29.9 Å². The number of rotatable bonds is 5. The minimum atomic E-state index is -0.870. The van der Waals surface area contributed by atoms with Crippen molar-refractivity contribution in [2.45, 2.75) is 10.5 Å². The van der Waals surface area contributed by atoms with Crippen LogP contribution in [-0.4, -0.2) is 36.6 Å². The lowest BCUT2D eigenvalue weighted by molar-refractivity contribution is 0.442. The quantitative estimate of drug-likeness (QED) is 0.309. The summed E-state index contributed by atoms with van der Waals surface area (Å²) >= 11 is 2.19. The van der Waals surface area contributed by atoms with Crippen molar-refractivity contribution >= 4 is 50.5 Å². The van der Waals surface area contributed by atoms with Crippen molar-refractivity contribution in [2.24, 2.45) is 0 Å². The maximum atomic E-state index is 13.7. The van der Waals surface area contributed by atoms with Gasteiger partial charge in [0.2, 0.25) is 0 Å². The summed E-state index contributed by atoms with van der Waals surface area (Å²) in [7, 11) is 0. The molecule has 1 atom stereocenters. The summed E-state index contributed by atoms with van der Waals surface area (Å²) in [6, 6.07) is 4.59. The molecule has 4 rings (SSSR count). The van der Waals surface area contributed by atoms with Gasteiger partial charge in [-0.2, -0.15) is 0 Å². The van der Waals surface area contributed by atoms with E-state index in [9.17, 15) is 9.18 Å². The Kier molecular flexibility index (Phi) is 4.49. The molecule has 0 aliphatic carbocycles. The van der Waals surface area contributed by atoms with Crippen LogP contribution in [0.15, 0.2) is 35.6 Å². The van der Waals surface area contributed by atoms with Crippen molar-refractivity contribution in [3.05, 3.63) is 52.6 Å². The van der Waals surface area contributed by atoms with Crippen molar-refractivity contribution in [3.63, 3.8) is 0 Å². The molecule has 3 aromatic heterocycles. The molecule has 1 aromatic carbocycles. The Morgan fingerprint density at radius 3 is 2.96 bits per heavy atom. The zero-order valence-corrected chi connectivity index (χ0v) is 15.5. The Labute approximate surface area is 159 Å². The fraction of sp³-hybridized carbons (Fsp3) is 0.188. The van der Waals surface area contributed by atoms with Gasteiger partial charge in [-0.15, -0.1) is 0 Å². The lowest BCUT2D eigenvalue weighted by Crippen LogP contribution is -2.22. The molecular formula is C16H13FIN7O. The number of aromatic amines is 2. The number of anilines is 1. The number of nitrogens with one attached hydrogen (secondary N) is 3. The van der Waals surface area contributed by atoms with Gasteiger partial charge in [-0.25, -0.2) is 24.3 Å². The van der Waals surface area contributed by atoms with E-state index in [1.807, 2.05) is 12.1 Å². The number of hydrogen-bond acceptors (Lipinski definition) is 6. The average Bonchev–Trinajstić information content (AvgIpc) is 3.15. The highest BCUT2D eigenvalue weighted by Crippen LogP contribution is 2.22. The van der Waals surface area contributed by atoms with E-state index in [0.29, 0.717) is 32.3 Å². The summed E-state index contributed by atoms with van der Waals surface area (Å²) < 4.78 is 14.4. The van der Waals surface area contributed by atoms with Gasteiger partial charge >= 0.3 is 0 Å². The van der Waals surface area contributed by atoms with E-state index >= 15 is 0 Å². The first-order valence-electron chi connectivity index (χ1n) is 7.75. The standard InChI is InChI=1S/C16H13FIN7O/c17-4-10(24-15-12-14(20-6-19-12)21-7-22-15)13-23-9-3-1-2-8(5-18)11(9)16(26)25-13/h1-3,6-7,10H,4-5H2,(H,23,25,26)(H2,19,20,21,22,24). The molecule has 0 saturated carbocycles. The summed E-state index contributed by atoms with van der Waals surface area (Å²) in [4.78, 5) is 34.8. The molecule has 4 aromatic rings. The molecule has 0 aliphatic heterocycles. The number of alkyl halides is 2. The second-order valence-corrected chi connectivity index (χ2v) is 6.33. The number of hydrogen-bond donors (Lipinski definition) is 3. The van der Waals surface area contributed by atoms with E-state index in [0.717, 1.165) is 5.56 Å². The maximum Gasteiger partial charge on any atom is 0.259 e. The summed E-state index contributed by atoms with van der Waals surface area (Å²) in [5.41, 5.74) is 2.16. The number of aromatic nitrogens is 6. The third-order valence-electron chi connectivity index (χ3n) is 3.99. The van der Waals surface area contributed by atoms with Crippen LogP contribution in [0, 0.1) is 0 Å². The molecule has 0 spiro atoms. The van der Waals surface area contributed by atoms with Crippen LogP contribution >= 0.6 is 22.6 Å². The molecule has 26 heavy (non-hydrogen) atoms. The second-order valence-electron chi connectivity index (χ2n) is 5.57. The Balaban J connectivity index is 1.77. The third-order valence-corrected chi connectivity index (χ3v) is 4.82. The van der Waals surface area contributed by atoms with Gasteiger partial charge in [-0.1, -0.05) is 34.7 Å². The number of nitrogens with zero attached hydrogens (tertiary/aromatic N) is 4. The van der Waals surface area contributed by atoms with Crippen molar-refractivity contribution in [3.8, 4) is 0 Å². The SMILES string of the molecule is O=c1[nH]c(C(CF)Nc2ncnc3[nH]cnc23)nc2cccc(CI)c12. The zero-order chi connectivity index (χ0) is 18.1. The molecule has 3 N–H and O–H groups in total. The number of H-pyrrole nitrogens is 2. The molecule has 10 heteroatoms. The molecule has 132 valence electrons. The Hall–Kier alpha value is -2.63. The van der Waals surface area contributed by atoms with Crippen molar-refractivity contribution in [2.75, 3.05) is 12.0 Å². The molecule has 8 nitrogen and oxygen atoms in total. The van der Waals surface area contributed by atoms with E-state index in [1.54, 1.807) is 6.07 Å². The molecule has 0 bridgehead atoms. The van der Waals surface area contributed by atoms with Crippen LogP contribution in [0.1, 0.15) is 17.4 Å². The predicted molar refractivity (Wildman–Crippen MR) is 104 cm³/mol. The number of fused-ring (bicyclic) bond motifs is 2. The normalized spacial score (nSPS) is 12.5. The average molecular weight is 465 g/mol. The van der Waals surface area contributed by atoms with Gasteiger partial charge in [0.15, 0.2) is 11.5 Å². The third kappa shape index (κ3) is 2.89. The fourth-order valence-electron chi connectivity index (χ4n) is 2.77. The predicted octanol–water partition coefficient (Wildman–Crippen LogP) is 2.65. The molecule has 0 amide bonds. The van der Waals surface area contributed by atoms with Gasteiger partial charge in [0.25, 0.3) is 5.56 Å². The summed E-state index contributed by atoms with van der Waals surface area (Å²) in [5, 5.41) is 3.48. The van der Waals surface area contributed by atoms with Crippen LogP contribution in [0.3, 0.4) is 0 Å². The molecule has 0 radical (unpaired) electrons. The highest BCUT2D eigenvalue weighted by molar-refractivity contribution is 14.1. The van der Waals surface area contributed by atoms with Crippen LogP contribution in [0.2, 0.25) is 0 Å². The first-order valence-corrected chi connectivity index (χ1v) is 9.28. The van der Waals surface area contributed by atoms with Gasteiger partial charge in [0.05, 0.1) is 17.2 Å². The first-order chi connectivity index (χ1) is 12.7. The number of benzene rings is 1. The van der Waals surface area contributed by atoms with E-state index in [2.05, 4.69) is 57.8 Å². The second kappa shape index (κ2) is 6.94. The highest BCUT2D eigenvalue weighted by atomic mass is 127. The maximum absolute atomic E-state index is 13.7. The topological polar surface area (TPSA) is 112 Å². The smallest absolute Gasteiger partial charge is 0.259 e. The fourth-order valence-corrected chi connectivity index (χ4v) is 3.41. The minimum absolute atomic E-state index is 0.206. The molecule has 1 unspecified atom stereocenters. The number of imidazole rings is 1. The van der Waals surface area contributed by atoms with Crippen LogP contribution in [0.4, 0.5) is 10.2 Å². The van der Waals surface area contributed by atoms with Crippen LogP contribution in [-0.2, 0) is 4.43 Å². The lowest BCUT2D eigenvalue weighted by atomic mass is 10.1. The van der Waals surface area contributed by atoms with Gasteiger partial charge in [0.1, 0.15) is 30.4 Å². The Bertz CT molecular complexity index is 1140. The van der Waals surface area contributed by atoms with Gasteiger partial charge in [0, 0.05) is 4.43 Å². The molecule has 3 heterocycles. The molecular weight excluding hydrogens is 452 g/mol. The summed E-state index contributed by atoms with van der Waals surface area (Å²) in [6.45, 7) is -0.781. The van der Waals surface area contributed by atoms with Crippen molar-refractivity contribution in [1.29, 1.82) is 0 Å². The Morgan fingerprint density at radius 2 is 2.15 bits per heavy atom. The van der Waals surface area contributed by atoms with E-state index < -0.39 is 12.7 Å². The minimum Gasteiger partial charge on any atom is -0.356 e. The van der Waals surface area contributed by atoms with Gasteiger partial charge in [-0.3, -0.25) is 4.79 Å². The zero-order valence-electron chi connectivity index (χ0n) is 13.3. The van der Waals surface area contributed by atoms with Crippen molar-refractivity contribution < 1.29 is 4.39 Å². The van der Waals surface area contributed by atoms with E-state index in [-0.39, 0.29) is 11.4 Å².